The maximum atomic E-state index is 11.5. The summed E-state index contributed by atoms with van der Waals surface area (Å²) in [5, 5.41) is 6.12. The third-order valence-electron chi connectivity index (χ3n) is 2.91. The molecule has 2 N–H and O–H groups in total. The van der Waals surface area contributed by atoms with E-state index in [0.29, 0.717) is 33.2 Å². The molecule has 23 heavy (non-hydrogen) atoms. The van der Waals surface area contributed by atoms with Gasteiger partial charge in [0.15, 0.2) is 5.82 Å². The molecule has 0 aliphatic rings. The first-order valence-electron chi connectivity index (χ1n) is 6.51. The van der Waals surface area contributed by atoms with E-state index >= 15 is 0 Å². The Morgan fingerprint density at radius 1 is 1.13 bits per heavy atom. The third-order valence-corrected chi connectivity index (χ3v) is 3.37. The van der Waals surface area contributed by atoms with E-state index in [1.54, 1.807) is 24.5 Å². The number of nitrogens with zero attached hydrogens (tertiary/aromatic N) is 4. The molecule has 0 bridgehead atoms. The molecular formula is C14H10Cl2N6O. The lowest BCUT2D eigenvalue weighted by atomic mass is 10.2. The number of aromatic nitrogens is 4. The molecule has 2 heterocycles. The highest BCUT2D eigenvalue weighted by molar-refractivity contribution is 6.33. The second kappa shape index (κ2) is 6.31. The van der Waals surface area contributed by atoms with Gasteiger partial charge in [0.25, 0.3) is 0 Å². The Hall–Kier alpha value is -2.51. The van der Waals surface area contributed by atoms with Crippen molar-refractivity contribution < 1.29 is 4.79 Å². The number of benzene rings is 1. The second-order valence-electron chi connectivity index (χ2n) is 4.55. The number of hydrogen-bond donors (Lipinski definition) is 2. The minimum atomic E-state index is -0.238. The number of amides is 1. The van der Waals surface area contributed by atoms with E-state index in [-0.39, 0.29) is 11.2 Å². The van der Waals surface area contributed by atoms with Crippen LogP contribution in [0.1, 0.15) is 6.92 Å². The van der Waals surface area contributed by atoms with Crippen molar-refractivity contribution in [2.45, 2.75) is 6.92 Å². The predicted molar refractivity (Wildman–Crippen MR) is 89.2 cm³/mol. The molecule has 0 aliphatic heterocycles. The van der Waals surface area contributed by atoms with Crippen molar-refractivity contribution in [3.63, 3.8) is 0 Å². The van der Waals surface area contributed by atoms with Crippen molar-refractivity contribution in [3.8, 4) is 0 Å². The number of carbonyl (C=O) groups excluding carboxylic acids is 1. The summed E-state index contributed by atoms with van der Waals surface area (Å²) in [6.45, 7) is 1.41. The van der Waals surface area contributed by atoms with Crippen molar-refractivity contribution in [3.05, 3.63) is 41.0 Å². The summed E-state index contributed by atoms with van der Waals surface area (Å²) in [5.41, 5.74) is 2.23. The lowest BCUT2D eigenvalue weighted by molar-refractivity contribution is -0.114. The zero-order chi connectivity index (χ0) is 16.4. The van der Waals surface area contributed by atoms with E-state index in [1.165, 1.54) is 13.1 Å². The van der Waals surface area contributed by atoms with Crippen LogP contribution in [0, 0.1) is 0 Å². The fourth-order valence-electron chi connectivity index (χ4n) is 2.00. The highest BCUT2D eigenvalue weighted by atomic mass is 35.5. The minimum Gasteiger partial charge on any atom is -0.337 e. The number of carbonyl (C=O) groups is 1. The summed E-state index contributed by atoms with van der Waals surface area (Å²) in [6.07, 6.45) is 4.51. The van der Waals surface area contributed by atoms with Gasteiger partial charge in [-0.3, -0.25) is 14.8 Å². The first-order valence-corrected chi connectivity index (χ1v) is 7.26. The third kappa shape index (κ3) is 3.30. The molecule has 0 radical (unpaired) electrons. The Labute approximate surface area is 141 Å². The van der Waals surface area contributed by atoms with Crippen LogP contribution in [-0.2, 0) is 4.79 Å². The molecule has 1 aromatic carbocycles. The Kier molecular flexibility index (Phi) is 4.22. The van der Waals surface area contributed by atoms with Gasteiger partial charge in [0, 0.05) is 19.3 Å². The molecule has 116 valence electrons. The fourth-order valence-corrected chi connectivity index (χ4v) is 2.28. The van der Waals surface area contributed by atoms with Crippen LogP contribution < -0.4 is 10.6 Å². The average Bonchev–Trinajstić information content (AvgIpc) is 2.52. The van der Waals surface area contributed by atoms with E-state index in [4.69, 9.17) is 23.2 Å². The van der Waals surface area contributed by atoms with Gasteiger partial charge in [-0.05, 0) is 23.7 Å². The van der Waals surface area contributed by atoms with Gasteiger partial charge in [-0.25, -0.2) is 4.98 Å². The number of halogens is 2. The van der Waals surface area contributed by atoms with Crippen molar-refractivity contribution in [1.29, 1.82) is 0 Å². The second-order valence-corrected chi connectivity index (χ2v) is 5.30. The summed E-state index contributed by atoms with van der Waals surface area (Å²) in [5.74, 6) is 0.0829. The molecule has 0 atom stereocenters. The molecule has 0 fully saturated rings. The smallest absolute Gasteiger partial charge is 0.224 e. The molecule has 0 spiro atoms. The van der Waals surface area contributed by atoms with Gasteiger partial charge >= 0.3 is 0 Å². The highest BCUT2D eigenvalue weighted by Crippen LogP contribution is 2.33. The van der Waals surface area contributed by atoms with E-state index in [2.05, 4.69) is 30.6 Å². The zero-order valence-electron chi connectivity index (χ0n) is 11.8. The molecule has 2 aromatic heterocycles. The first-order chi connectivity index (χ1) is 11.0. The van der Waals surface area contributed by atoms with Crippen LogP contribution in [0.5, 0.6) is 0 Å². The molecule has 3 rings (SSSR count). The van der Waals surface area contributed by atoms with Crippen molar-refractivity contribution in [2.24, 2.45) is 0 Å². The predicted octanol–water partition coefficient (Wildman–Crippen LogP) is 3.43. The van der Waals surface area contributed by atoms with Crippen LogP contribution in [0.15, 0.2) is 30.7 Å². The number of fused-ring (bicyclic) bond motifs is 1. The Balaban J connectivity index is 2.12. The Morgan fingerprint density at radius 3 is 2.70 bits per heavy atom. The van der Waals surface area contributed by atoms with E-state index in [9.17, 15) is 4.79 Å². The van der Waals surface area contributed by atoms with Gasteiger partial charge in [0.05, 0.1) is 23.1 Å². The first kappa shape index (κ1) is 15.4. The summed E-state index contributed by atoms with van der Waals surface area (Å²) < 4.78 is 0. The van der Waals surface area contributed by atoms with E-state index in [1.807, 2.05) is 0 Å². The van der Waals surface area contributed by atoms with Gasteiger partial charge in [0.2, 0.25) is 11.2 Å². The largest absolute Gasteiger partial charge is 0.337 e. The van der Waals surface area contributed by atoms with Crippen molar-refractivity contribution in [1.82, 2.24) is 19.9 Å². The van der Waals surface area contributed by atoms with Crippen LogP contribution in [0.3, 0.4) is 0 Å². The molecule has 9 heteroatoms. The van der Waals surface area contributed by atoms with Gasteiger partial charge in [-0.2, -0.15) is 4.98 Å². The SMILES string of the molecule is CC(=O)Nc1c(Nc2nc(Cl)ncc2Cl)ccc2nccnc12. The van der Waals surface area contributed by atoms with Crippen LogP contribution in [-0.4, -0.2) is 25.8 Å². The lowest BCUT2D eigenvalue weighted by Crippen LogP contribution is -2.10. The molecule has 0 saturated heterocycles. The molecule has 1 amide bonds. The lowest BCUT2D eigenvalue weighted by Gasteiger charge is -2.14. The van der Waals surface area contributed by atoms with Crippen LogP contribution >= 0.6 is 23.2 Å². The van der Waals surface area contributed by atoms with Gasteiger partial charge in [0.1, 0.15) is 10.5 Å². The average molecular weight is 349 g/mol. The summed E-state index contributed by atoms with van der Waals surface area (Å²) in [4.78, 5) is 27.8. The van der Waals surface area contributed by atoms with Crippen LogP contribution in [0.2, 0.25) is 10.3 Å². The summed E-state index contributed by atoms with van der Waals surface area (Å²) >= 11 is 11.9. The quantitative estimate of drug-likeness (QED) is 0.704. The highest BCUT2D eigenvalue weighted by Gasteiger charge is 2.13. The monoisotopic (exact) mass is 348 g/mol. The van der Waals surface area contributed by atoms with E-state index < -0.39 is 0 Å². The van der Waals surface area contributed by atoms with Crippen molar-refractivity contribution in [2.75, 3.05) is 10.6 Å². The van der Waals surface area contributed by atoms with Crippen LogP contribution in [0.4, 0.5) is 17.2 Å². The van der Waals surface area contributed by atoms with Crippen LogP contribution in [0.25, 0.3) is 11.0 Å². The zero-order valence-corrected chi connectivity index (χ0v) is 13.4. The maximum absolute atomic E-state index is 11.5. The molecule has 0 unspecified atom stereocenters. The standard InChI is InChI=1S/C14H10Cl2N6O/c1-7(23)20-12-10(3-2-9-11(12)18-5-4-17-9)21-13-8(15)6-19-14(16)22-13/h2-6H,1H3,(H,20,23)(H,19,21,22). The summed E-state index contributed by atoms with van der Waals surface area (Å²) in [7, 11) is 0. The molecule has 3 aromatic rings. The number of hydrogen-bond acceptors (Lipinski definition) is 6. The topological polar surface area (TPSA) is 92.7 Å². The molecule has 7 nitrogen and oxygen atoms in total. The maximum Gasteiger partial charge on any atom is 0.224 e. The van der Waals surface area contributed by atoms with E-state index in [0.717, 1.165) is 0 Å². The molecular weight excluding hydrogens is 339 g/mol. The Bertz CT molecular complexity index is 902. The molecule has 0 saturated carbocycles. The number of nitrogens with one attached hydrogen (secondary N) is 2. The number of anilines is 3. The minimum absolute atomic E-state index is 0.0542. The van der Waals surface area contributed by atoms with Gasteiger partial charge in [-0.15, -0.1) is 0 Å². The summed E-state index contributed by atoms with van der Waals surface area (Å²) in [6, 6.07) is 3.52. The number of rotatable bonds is 3. The molecule has 0 aliphatic carbocycles. The van der Waals surface area contributed by atoms with Gasteiger partial charge < -0.3 is 10.6 Å². The Morgan fingerprint density at radius 2 is 1.91 bits per heavy atom. The fraction of sp³-hybridized carbons (Fsp3) is 0.0714. The van der Waals surface area contributed by atoms with Gasteiger partial charge in [-0.1, -0.05) is 11.6 Å². The normalized spacial score (nSPS) is 10.6. The van der Waals surface area contributed by atoms with Crippen molar-refractivity contribution >= 4 is 57.3 Å².